The van der Waals surface area contributed by atoms with Crippen molar-refractivity contribution in [2.45, 2.75) is 43.9 Å². The maximum Gasteiger partial charge on any atom is 0.342 e. The van der Waals surface area contributed by atoms with Crippen LogP contribution in [0.4, 0.5) is 5.13 Å². The number of ether oxygens (including phenoxy) is 1. The van der Waals surface area contributed by atoms with Crippen LogP contribution in [0.1, 0.15) is 44.1 Å². The topological polar surface area (TPSA) is 81.5 Å². The van der Waals surface area contributed by atoms with E-state index in [0.29, 0.717) is 29.0 Å². The third-order valence-electron chi connectivity index (χ3n) is 8.89. The molecule has 4 saturated carbocycles. The molecular formula is C28H31N3O3S. The molecule has 5 aliphatic rings. The summed E-state index contributed by atoms with van der Waals surface area (Å²) in [6, 6.07) is 10.00. The van der Waals surface area contributed by atoms with Crippen molar-refractivity contribution in [1.29, 1.82) is 0 Å². The first kappa shape index (κ1) is 21.8. The lowest BCUT2D eigenvalue weighted by atomic mass is 9.48. The first-order valence-electron chi connectivity index (χ1n) is 12.9. The van der Waals surface area contributed by atoms with Gasteiger partial charge in [0.25, 0.3) is 0 Å². The summed E-state index contributed by atoms with van der Waals surface area (Å²) >= 11 is 0. The van der Waals surface area contributed by atoms with Gasteiger partial charge in [-0.15, -0.1) is 0 Å². The Morgan fingerprint density at radius 1 is 0.914 bits per heavy atom. The molecule has 4 bridgehead atoms. The van der Waals surface area contributed by atoms with E-state index >= 15 is 0 Å². The molecule has 1 aromatic carbocycles. The average molecular weight is 490 g/mol. The number of hydrogen-bond acceptors (Lipinski definition) is 6. The van der Waals surface area contributed by atoms with Gasteiger partial charge in [-0.1, -0.05) is 0 Å². The lowest BCUT2D eigenvalue weighted by Gasteiger charge is -2.57. The molecule has 6 nitrogen and oxygen atoms in total. The number of aromatic nitrogens is 2. The van der Waals surface area contributed by atoms with Gasteiger partial charge in [0.1, 0.15) is 5.75 Å². The van der Waals surface area contributed by atoms with E-state index in [1.807, 2.05) is 29.2 Å². The van der Waals surface area contributed by atoms with Gasteiger partial charge in [-0.05, 0) is 103 Å². The van der Waals surface area contributed by atoms with Crippen LogP contribution in [0, 0.1) is 17.8 Å². The van der Waals surface area contributed by atoms with Crippen LogP contribution in [-0.2, 0) is 10.2 Å². The van der Waals surface area contributed by atoms with Crippen LogP contribution >= 0.6 is 10.8 Å². The minimum atomic E-state index is -1.30. The first-order chi connectivity index (χ1) is 17.1. The Morgan fingerprint density at radius 3 is 2.26 bits per heavy atom. The number of hydrogen-bond donors (Lipinski definition) is 1. The van der Waals surface area contributed by atoms with Gasteiger partial charge in [-0.3, -0.25) is 4.98 Å². The van der Waals surface area contributed by atoms with Crippen LogP contribution in [0.5, 0.6) is 5.75 Å². The van der Waals surface area contributed by atoms with E-state index in [1.165, 1.54) is 38.5 Å². The van der Waals surface area contributed by atoms with Gasteiger partial charge in [-0.25, -0.2) is 0 Å². The number of thiazole rings is 1. The lowest BCUT2D eigenvalue weighted by Crippen LogP contribution is -2.48. The van der Waals surface area contributed by atoms with E-state index in [-0.39, 0.29) is 5.41 Å². The number of phenolic OH excluding ortho intramolecular Hbond substituents is 1. The Morgan fingerprint density at radius 2 is 1.60 bits per heavy atom. The second-order valence-corrected chi connectivity index (χ2v) is 12.5. The minimum Gasteiger partial charge on any atom is -0.587 e. The van der Waals surface area contributed by atoms with E-state index in [4.69, 9.17) is 9.72 Å². The monoisotopic (exact) mass is 489 g/mol. The Balaban J connectivity index is 1.17. The number of benzene rings is 1. The molecule has 35 heavy (non-hydrogen) atoms. The Labute approximate surface area is 208 Å². The fraction of sp³-hybridized carbons (Fsp3) is 0.500. The molecule has 3 aromatic rings. The molecule has 8 rings (SSSR count). The third-order valence-corrected chi connectivity index (χ3v) is 10.3. The van der Waals surface area contributed by atoms with Crippen LogP contribution < -0.4 is 4.90 Å². The zero-order chi connectivity index (χ0) is 23.6. The van der Waals surface area contributed by atoms with Crippen molar-refractivity contribution in [2.24, 2.45) is 17.8 Å². The number of anilines is 1. The fourth-order valence-electron chi connectivity index (χ4n) is 7.71. The summed E-state index contributed by atoms with van der Waals surface area (Å²) in [6.45, 7) is 2.71. The molecular weight excluding hydrogens is 458 g/mol. The maximum atomic E-state index is 13.1. The summed E-state index contributed by atoms with van der Waals surface area (Å²) in [7, 11) is -1.30. The van der Waals surface area contributed by atoms with Gasteiger partial charge in [0.05, 0.1) is 30.7 Å². The zero-order valence-electron chi connectivity index (χ0n) is 19.9. The van der Waals surface area contributed by atoms with Gasteiger partial charge >= 0.3 is 5.13 Å². The predicted molar refractivity (Wildman–Crippen MR) is 136 cm³/mol. The summed E-state index contributed by atoms with van der Waals surface area (Å²) in [6.07, 6.45) is 11.3. The maximum absolute atomic E-state index is 13.1. The summed E-state index contributed by atoms with van der Waals surface area (Å²) in [4.78, 5) is 11.9. The fourth-order valence-corrected chi connectivity index (χ4v) is 8.96. The Bertz CT molecular complexity index is 1210. The van der Waals surface area contributed by atoms with Crippen LogP contribution in [0.25, 0.3) is 21.7 Å². The van der Waals surface area contributed by atoms with Crippen molar-refractivity contribution >= 4 is 15.9 Å². The molecule has 1 saturated heterocycles. The van der Waals surface area contributed by atoms with Gasteiger partial charge in [0.15, 0.2) is 0 Å². The highest BCUT2D eigenvalue weighted by molar-refractivity contribution is 7.31. The van der Waals surface area contributed by atoms with Gasteiger partial charge in [0, 0.05) is 30.4 Å². The second kappa shape index (κ2) is 8.29. The van der Waals surface area contributed by atoms with Crippen LogP contribution in [-0.4, -0.2) is 45.9 Å². The third kappa shape index (κ3) is 3.67. The van der Waals surface area contributed by atoms with E-state index < -0.39 is 10.8 Å². The molecule has 0 radical (unpaired) electrons. The van der Waals surface area contributed by atoms with Gasteiger partial charge < -0.3 is 19.3 Å². The van der Waals surface area contributed by atoms with Crippen LogP contribution in [0.3, 0.4) is 0 Å². The quantitative estimate of drug-likeness (QED) is 0.484. The summed E-state index contributed by atoms with van der Waals surface area (Å²) in [5.74, 6) is 2.91. The van der Waals surface area contributed by atoms with Gasteiger partial charge in [-0.2, -0.15) is 4.98 Å². The van der Waals surface area contributed by atoms with E-state index in [0.717, 1.165) is 53.2 Å². The summed E-state index contributed by atoms with van der Waals surface area (Å²) in [5, 5.41) is 11.5. The lowest BCUT2D eigenvalue weighted by molar-refractivity contribution is -0.00611. The predicted octanol–water partition coefficient (Wildman–Crippen LogP) is 5.55. The largest absolute Gasteiger partial charge is 0.587 e. The van der Waals surface area contributed by atoms with Crippen molar-refractivity contribution in [1.82, 2.24) is 9.97 Å². The Kier molecular flexibility index (Phi) is 5.16. The Hall–Kier alpha value is -2.48. The number of rotatable bonds is 4. The average Bonchev–Trinajstić information content (AvgIpc) is 3.25. The van der Waals surface area contributed by atoms with Crippen LogP contribution in [0.15, 0.2) is 42.7 Å². The molecule has 2 aromatic heterocycles. The summed E-state index contributed by atoms with van der Waals surface area (Å²) < 4.78 is 18.5. The number of nitrogens with zero attached hydrogens (tertiary/aromatic N) is 3. The molecule has 4 aliphatic carbocycles. The number of phenols is 1. The van der Waals surface area contributed by atoms with Crippen molar-refractivity contribution in [3.05, 3.63) is 48.3 Å². The molecule has 1 N–H and O–H groups in total. The summed E-state index contributed by atoms with van der Waals surface area (Å²) in [5.41, 5.74) is 4.00. The standard InChI is InChI=1S/C28H31N3O3S/c32-25-4-2-21(12-23(25)28-13-18-9-19(14-28)11-20(10-18)15-28)24-3-1-22(16-29-24)26-17-30-27(35(26)33)31-5-7-34-8-6-31/h1-4,12,16-20,32H,5-11,13-15H2. The molecule has 1 aliphatic heterocycles. The first-order valence-corrected chi connectivity index (χ1v) is 14.1. The van der Waals surface area contributed by atoms with Gasteiger partial charge in [0.2, 0.25) is 4.88 Å². The van der Waals surface area contributed by atoms with E-state index in [2.05, 4.69) is 11.1 Å². The minimum absolute atomic E-state index is 0.133. The molecule has 5 fully saturated rings. The number of pyridine rings is 1. The number of morpholine rings is 1. The van der Waals surface area contributed by atoms with E-state index in [9.17, 15) is 9.66 Å². The smallest absolute Gasteiger partial charge is 0.342 e. The highest BCUT2D eigenvalue weighted by Gasteiger charge is 2.52. The molecule has 1 unspecified atom stereocenters. The van der Waals surface area contributed by atoms with Crippen molar-refractivity contribution in [2.75, 3.05) is 31.2 Å². The highest BCUT2D eigenvalue weighted by atomic mass is 32.2. The molecule has 1 atom stereocenters. The van der Waals surface area contributed by atoms with Crippen molar-refractivity contribution < 1.29 is 14.4 Å². The number of aromatic hydroxyl groups is 1. The van der Waals surface area contributed by atoms with Crippen LogP contribution in [0.2, 0.25) is 0 Å². The molecule has 0 amide bonds. The zero-order valence-corrected chi connectivity index (χ0v) is 20.7. The molecule has 182 valence electrons. The van der Waals surface area contributed by atoms with E-state index in [1.54, 1.807) is 12.4 Å². The SMILES string of the molecule is [O-][s+]1c(-c2ccc(-c3ccc(O)c(C45CC6CC(CC(C6)C4)C5)c3)nc2)cnc1N1CCOCC1. The molecule has 7 heteroatoms. The highest BCUT2D eigenvalue weighted by Crippen LogP contribution is 2.62. The molecule has 0 spiro atoms. The second-order valence-electron chi connectivity index (χ2n) is 11.1. The normalized spacial score (nSPS) is 30.1. The van der Waals surface area contributed by atoms with Crippen molar-refractivity contribution in [3.63, 3.8) is 0 Å². The molecule has 3 heterocycles. The van der Waals surface area contributed by atoms with Crippen molar-refractivity contribution in [3.8, 4) is 27.4 Å².